The monoisotopic (exact) mass is 241 g/mol. The number of carbonyl (C=O) groups excluding carboxylic acids is 1. The molecular formula is C12H16ClNO2. The van der Waals surface area contributed by atoms with Crippen molar-refractivity contribution in [1.29, 1.82) is 0 Å². The van der Waals surface area contributed by atoms with E-state index in [1.807, 2.05) is 32.0 Å². The standard InChI is InChI=1S/C12H16ClNO2/c1-4-10(12(15)16-3)14-11-7-8(2)5-6-9(11)13/h5-7,10,14H,4H2,1-3H3. The molecule has 1 N–H and O–H groups in total. The number of nitrogens with one attached hydrogen (secondary N) is 1. The number of aryl methyl sites for hydroxylation is 1. The fourth-order valence-electron chi connectivity index (χ4n) is 1.41. The van der Waals surface area contributed by atoms with Gasteiger partial charge in [-0.15, -0.1) is 0 Å². The Hall–Kier alpha value is -1.22. The van der Waals surface area contributed by atoms with Gasteiger partial charge >= 0.3 is 5.97 Å². The SMILES string of the molecule is CCC(Nc1cc(C)ccc1Cl)C(=O)OC. The van der Waals surface area contributed by atoms with Crippen LogP contribution >= 0.6 is 11.6 Å². The maximum absolute atomic E-state index is 11.4. The number of ether oxygens (including phenoxy) is 1. The number of carbonyl (C=O) groups is 1. The van der Waals surface area contributed by atoms with Crippen LogP contribution in [0.2, 0.25) is 5.02 Å². The molecule has 0 aliphatic rings. The Labute approximate surface area is 101 Å². The average molecular weight is 242 g/mol. The van der Waals surface area contributed by atoms with E-state index in [1.54, 1.807) is 0 Å². The number of rotatable bonds is 4. The van der Waals surface area contributed by atoms with E-state index in [4.69, 9.17) is 16.3 Å². The van der Waals surface area contributed by atoms with E-state index >= 15 is 0 Å². The van der Waals surface area contributed by atoms with Crippen LogP contribution in [-0.4, -0.2) is 19.1 Å². The predicted octanol–water partition coefficient (Wildman–Crippen LogP) is 3.01. The van der Waals surface area contributed by atoms with E-state index in [0.717, 1.165) is 11.3 Å². The maximum atomic E-state index is 11.4. The molecule has 0 fully saturated rings. The van der Waals surface area contributed by atoms with Crippen molar-refractivity contribution in [3.63, 3.8) is 0 Å². The van der Waals surface area contributed by atoms with Gasteiger partial charge in [-0.25, -0.2) is 4.79 Å². The third-order valence-electron chi connectivity index (χ3n) is 2.35. The lowest BCUT2D eigenvalue weighted by molar-refractivity contribution is -0.141. The number of benzene rings is 1. The fraction of sp³-hybridized carbons (Fsp3) is 0.417. The van der Waals surface area contributed by atoms with Gasteiger partial charge in [0.1, 0.15) is 6.04 Å². The number of methoxy groups -OCH3 is 1. The Morgan fingerprint density at radius 2 is 2.25 bits per heavy atom. The quantitative estimate of drug-likeness (QED) is 0.824. The third-order valence-corrected chi connectivity index (χ3v) is 2.68. The first-order valence-corrected chi connectivity index (χ1v) is 5.56. The summed E-state index contributed by atoms with van der Waals surface area (Å²) in [4.78, 5) is 11.4. The number of esters is 1. The van der Waals surface area contributed by atoms with E-state index < -0.39 is 0 Å². The van der Waals surface area contributed by atoms with Crippen molar-refractivity contribution in [2.24, 2.45) is 0 Å². The number of anilines is 1. The first-order valence-electron chi connectivity index (χ1n) is 5.19. The minimum atomic E-state index is -0.357. The zero-order valence-electron chi connectivity index (χ0n) is 9.71. The Morgan fingerprint density at radius 3 is 2.81 bits per heavy atom. The first-order chi connectivity index (χ1) is 7.58. The van der Waals surface area contributed by atoms with Crippen molar-refractivity contribution in [3.8, 4) is 0 Å². The molecule has 16 heavy (non-hydrogen) atoms. The van der Waals surface area contributed by atoms with Crippen LogP contribution in [0.4, 0.5) is 5.69 Å². The minimum absolute atomic E-state index is 0.278. The number of halogens is 1. The summed E-state index contributed by atoms with van der Waals surface area (Å²) in [6.07, 6.45) is 0.650. The Balaban J connectivity index is 2.85. The van der Waals surface area contributed by atoms with E-state index in [1.165, 1.54) is 7.11 Å². The van der Waals surface area contributed by atoms with Gasteiger partial charge in [-0.1, -0.05) is 24.6 Å². The van der Waals surface area contributed by atoms with Gasteiger partial charge in [-0.05, 0) is 31.0 Å². The van der Waals surface area contributed by atoms with Crippen LogP contribution < -0.4 is 5.32 Å². The van der Waals surface area contributed by atoms with Gasteiger partial charge in [-0.3, -0.25) is 0 Å². The van der Waals surface area contributed by atoms with E-state index in [9.17, 15) is 4.79 Å². The molecule has 0 aliphatic carbocycles. The zero-order chi connectivity index (χ0) is 12.1. The highest BCUT2D eigenvalue weighted by Gasteiger charge is 2.17. The molecule has 0 saturated heterocycles. The molecule has 88 valence electrons. The summed E-state index contributed by atoms with van der Waals surface area (Å²) in [7, 11) is 1.38. The molecule has 0 aliphatic heterocycles. The molecular weight excluding hydrogens is 226 g/mol. The Morgan fingerprint density at radius 1 is 1.56 bits per heavy atom. The van der Waals surface area contributed by atoms with Gasteiger partial charge in [0.05, 0.1) is 17.8 Å². The number of hydrogen-bond acceptors (Lipinski definition) is 3. The Bertz CT molecular complexity index is 379. The predicted molar refractivity (Wildman–Crippen MR) is 65.9 cm³/mol. The number of hydrogen-bond donors (Lipinski definition) is 1. The van der Waals surface area contributed by atoms with Crippen LogP contribution in [0.3, 0.4) is 0 Å². The largest absolute Gasteiger partial charge is 0.467 e. The topological polar surface area (TPSA) is 38.3 Å². The summed E-state index contributed by atoms with van der Waals surface area (Å²) in [6.45, 7) is 3.89. The molecule has 0 saturated carbocycles. The molecule has 0 heterocycles. The van der Waals surface area contributed by atoms with Crippen LogP contribution in [0, 0.1) is 6.92 Å². The second-order valence-electron chi connectivity index (χ2n) is 3.61. The van der Waals surface area contributed by atoms with Crippen molar-refractivity contribution in [2.45, 2.75) is 26.3 Å². The first kappa shape index (κ1) is 12.8. The third kappa shape index (κ3) is 3.14. The van der Waals surface area contributed by atoms with Crippen LogP contribution in [0.15, 0.2) is 18.2 Å². The smallest absolute Gasteiger partial charge is 0.328 e. The van der Waals surface area contributed by atoms with Crippen LogP contribution in [0.5, 0.6) is 0 Å². The van der Waals surface area contributed by atoms with Gasteiger partial charge in [0, 0.05) is 0 Å². The summed E-state index contributed by atoms with van der Waals surface area (Å²) >= 11 is 6.03. The molecule has 0 aromatic heterocycles. The molecule has 1 aromatic carbocycles. The van der Waals surface area contributed by atoms with Crippen molar-refractivity contribution >= 4 is 23.3 Å². The summed E-state index contributed by atoms with van der Waals surface area (Å²) < 4.78 is 4.70. The van der Waals surface area contributed by atoms with Gasteiger partial charge < -0.3 is 10.1 Å². The maximum Gasteiger partial charge on any atom is 0.328 e. The highest BCUT2D eigenvalue weighted by molar-refractivity contribution is 6.33. The van der Waals surface area contributed by atoms with Crippen molar-refractivity contribution < 1.29 is 9.53 Å². The van der Waals surface area contributed by atoms with Crippen LogP contribution in [0.25, 0.3) is 0 Å². The molecule has 0 amide bonds. The van der Waals surface area contributed by atoms with Crippen molar-refractivity contribution in [3.05, 3.63) is 28.8 Å². The molecule has 1 unspecified atom stereocenters. The summed E-state index contributed by atoms with van der Waals surface area (Å²) in [5.41, 5.74) is 1.85. The van der Waals surface area contributed by atoms with Crippen LogP contribution in [-0.2, 0) is 9.53 Å². The summed E-state index contributed by atoms with van der Waals surface area (Å²) in [5, 5.41) is 3.69. The zero-order valence-corrected chi connectivity index (χ0v) is 10.5. The van der Waals surface area contributed by atoms with Crippen LogP contribution in [0.1, 0.15) is 18.9 Å². The molecule has 0 spiro atoms. The molecule has 1 atom stereocenters. The second-order valence-corrected chi connectivity index (χ2v) is 4.02. The summed E-state index contributed by atoms with van der Waals surface area (Å²) in [6, 6.07) is 5.29. The van der Waals surface area contributed by atoms with E-state index in [0.29, 0.717) is 11.4 Å². The van der Waals surface area contributed by atoms with Crippen molar-refractivity contribution in [1.82, 2.24) is 0 Å². The second kappa shape index (κ2) is 5.75. The van der Waals surface area contributed by atoms with Crippen molar-refractivity contribution in [2.75, 3.05) is 12.4 Å². The molecule has 1 rings (SSSR count). The van der Waals surface area contributed by atoms with Gasteiger partial charge in [0.2, 0.25) is 0 Å². The molecule has 4 heteroatoms. The lowest BCUT2D eigenvalue weighted by Gasteiger charge is -2.17. The lowest BCUT2D eigenvalue weighted by atomic mass is 10.2. The lowest BCUT2D eigenvalue weighted by Crippen LogP contribution is -2.29. The van der Waals surface area contributed by atoms with Gasteiger partial charge in [-0.2, -0.15) is 0 Å². The summed E-state index contributed by atoms with van der Waals surface area (Å²) in [5.74, 6) is -0.278. The fourth-order valence-corrected chi connectivity index (χ4v) is 1.58. The average Bonchev–Trinajstić information content (AvgIpc) is 2.29. The molecule has 0 bridgehead atoms. The normalized spacial score (nSPS) is 12.0. The van der Waals surface area contributed by atoms with E-state index in [2.05, 4.69) is 5.32 Å². The Kier molecular flexibility index (Phi) is 4.62. The van der Waals surface area contributed by atoms with Gasteiger partial charge in [0.15, 0.2) is 0 Å². The van der Waals surface area contributed by atoms with E-state index in [-0.39, 0.29) is 12.0 Å². The molecule has 1 aromatic rings. The minimum Gasteiger partial charge on any atom is -0.467 e. The van der Waals surface area contributed by atoms with Gasteiger partial charge in [0.25, 0.3) is 0 Å². The highest BCUT2D eigenvalue weighted by atomic mass is 35.5. The highest BCUT2D eigenvalue weighted by Crippen LogP contribution is 2.24. The molecule has 3 nitrogen and oxygen atoms in total. The molecule has 0 radical (unpaired) electrons.